The number of nitrogens with one attached hydrogen (secondary N) is 2. The maximum Gasteiger partial charge on any atom is 0.272 e. The molecule has 2 amide bonds. The number of rotatable bonds is 5. The summed E-state index contributed by atoms with van der Waals surface area (Å²) in [7, 11) is 0. The number of benzene rings is 1. The summed E-state index contributed by atoms with van der Waals surface area (Å²) in [5.74, 6) is -1.05. The molecule has 1 aromatic carbocycles. The van der Waals surface area contributed by atoms with E-state index in [0.717, 1.165) is 25.9 Å². The molecule has 0 spiro atoms. The van der Waals surface area contributed by atoms with Gasteiger partial charge in [0.2, 0.25) is 5.91 Å². The van der Waals surface area contributed by atoms with Crippen LogP contribution in [0, 0.1) is 0 Å². The molecular formula is C18H23N5O2. The van der Waals surface area contributed by atoms with E-state index >= 15 is 0 Å². The van der Waals surface area contributed by atoms with Crippen LogP contribution in [0.2, 0.25) is 0 Å². The van der Waals surface area contributed by atoms with Crippen LogP contribution in [0.4, 0.5) is 0 Å². The van der Waals surface area contributed by atoms with Crippen LogP contribution >= 0.6 is 0 Å². The number of primary amides is 1. The fourth-order valence-corrected chi connectivity index (χ4v) is 3.06. The molecular weight excluding hydrogens is 318 g/mol. The van der Waals surface area contributed by atoms with Crippen molar-refractivity contribution in [3.63, 3.8) is 0 Å². The molecule has 2 atom stereocenters. The summed E-state index contributed by atoms with van der Waals surface area (Å²) >= 11 is 0. The van der Waals surface area contributed by atoms with Crippen molar-refractivity contribution < 1.29 is 9.59 Å². The molecule has 25 heavy (non-hydrogen) atoms. The average Bonchev–Trinajstić information content (AvgIpc) is 3.13. The summed E-state index contributed by atoms with van der Waals surface area (Å²) in [5, 5.41) is 10.4. The second-order valence-electron chi connectivity index (χ2n) is 6.49. The Hall–Kier alpha value is -2.67. The van der Waals surface area contributed by atoms with Crippen LogP contribution in [0.3, 0.4) is 0 Å². The largest absolute Gasteiger partial charge is 0.367 e. The molecule has 3 rings (SSSR count). The zero-order chi connectivity index (χ0) is 17.9. The van der Waals surface area contributed by atoms with E-state index in [1.807, 2.05) is 10.7 Å². The maximum absolute atomic E-state index is 12.6. The van der Waals surface area contributed by atoms with Crippen LogP contribution in [0.1, 0.15) is 41.9 Å². The molecule has 4 N–H and O–H groups in total. The number of aromatic nitrogens is 2. The number of amides is 2. The maximum atomic E-state index is 12.6. The van der Waals surface area contributed by atoms with Gasteiger partial charge in [-0.05, 0) is 37.9 Å². The van der Waals surface area contributed by atoms with E-state index in [9.17, 15) is 9.59 Å². The van der Waals surface area contributed by atoms with Gasteiger partial charge in [0.05, 0.1) is 6.04 Å². The van der Waals surface area contributed by atoms with Crippen LogP contribution in [0.25, 0.3) is 0 Å². The number of nitrogens with two attached hydrogens (primary N) is 1. The van der Waals surface area contributed by atoms with Crippen molar-refractivity contribution >= 4 is 11.8 Å². The summed E-state index contributed by atoms with van der Waals surface area (Å²) in [6.07, 6.45) is 3.91. The van der Waals surface area contributed by atoms with E-state index in [1.165, 1.54) is 0 Å². The Morgan fingerprint density at radius 2 is 2.08 bits per heavy atom. The van der Waals surface area contributed by atoms with E-state index in [1.54, 1.807) is 43.5 Å². The van der Waals surface area contributed by atoms with Gasteiger partial charge in [0.15, 0.2) is 0 Å². The Balaban J connectivity index is 1.78. The highest BCUT2D eigenvalue weighted by Crippen LogP contribution is 2.21. The van der Waals surface area contributed by atoms with E-state index in [4.69, 9.17) is 5.73 Å². The van der Waals surface area contributed by atoms with Gasteiger partial charge in [-0.25, -0.2) is 0 Å². The predicted molar refractivity (Wildman–Crippen MR) is 93.8 cm³/mol. The standard InChI is InChI=1S/C18H23N5O2/c1-18(17(19)25,13-6-3-2-4-7-13)21-16(24)15-9-11-23(22-15)14-8-5-10-20-12-14/h2-4,6-7,9,11,14,20H,5,8,10,12H2,1H3,(H2,19,25)(H,21,24). The lowest BCUT2D eigenvalue weighted by Crippen LogP contribution is -2.52. The second-order valence-corrected chi connectivity index (χ2v) is 6.49. The van der Waals surface area contributed by atoms with Crippen molar-refractivity contribution in [2.45, 2.75) is 31.3 Å². The molecule has 2 unspecified atom stereocenters. The van der Waals surface area contributed by atoms with E-state index in [2.05, 4.69) is 15.7 Å². The van der Waals surface area contributed by atoms with Gasteiger partial charge < -0.3 is 16.4 Å². The molecule has 1 aliphatic heterocycles. The predicted octanol–water partition coefficient (Wildman–Crippen LogP) is 0.938. The van der Waals surface area contributed by atoms with Gasteiger partial charge in [0, 0.05) is 12.7 Å². The lowest BCUT2D eigenvalue weighted by Gasteiger charge is -2.27. The molecule has 7 nitrogen and oxygen atoms in total. The zero-order valence-electron chi connectivity index (χ0n) is 14.2. The Morgan fingerprint density at radius 1 is 1.32 bits per heavy atom. The number of hydrogen-bond donors (Lipinski definition) is 3. The Labute approximate surface area is 146 Å². The smallest absolute Gasteiger partial charge is 0.272 e. The van der Waals surface area contributed by atoms with E-state index in [-0.39, 0.29) is 11.7 Å². The minimum atomic E-state index is -1.30. The number of carbonyl (C=O) groups excluding carboxylic acids is 2. The van der Waals surface area contributed by atoms with Gasteiger partial charge in [-0.15, -0.1) is 0 Å². The molecule has 7 heteroatoms. The number of hydrogen-bond acceptors (Lipinski definition) is 4. The van der Waals surface area contributed by atoms with Gasteiger partial charge in [-0.1, -0.05) is 30.3 Å². The molecule has 1 saturated heterocycles. The monoisotopic (exact) mass is 341 g/mol. The van der Waals surface area contributed by atoms with Crippen LogP contribution in [-0.2, 0) is 10.3 Å². The third-order valence-electron chi connectivity index (χ3n) is 4.69. The molecule has 132 valence electrons. The highest BCUT2D eigenvalue weighted by Gasteiger charge is 2.35. The summed E-state index contributed by atoms with van der Waals surface area (Å²) in [5.41, 5.74) is 5.17. The molecule has 1 fully saturated rings. The van der Waals surface area contributed by atoms with Crippen LogP contribution in [-0.4, -0.2) is 34.7 Å². The Bertz CT molecular complexity index is 752. The number of piperidine rings is 1. The topological polar surface area (TPSA) is 102 Å². The third-order valence-corrected chi connectivity index (χ3v) is 4.69. The SMILES string of the molecule is CC(NC(=O)c1ccn(C2CCCNC2)n1)(C(N)=O)c1ccccc1. The van der Waals surface area contributed by atoms with Crippen molar-refractivity contribution in [1.29, 1.82) is 0 Å². The normalized spacial score (nSPS) is 19.8. The minimum absolute atomic E-state index is 0.243. The highest BCUT2D eigenvalue weighted by molar-refractivity contribution is 5.97. The van der Waals surface area contributed by atoms with Crippen molar-refractivity contribution in [1.82, 2.24) is 20.4 Å². The fourth-order valence-electron chi connectivity index (χ4n) is 3.06. The summed E-state index contributed by atoms with van der Waals surface area (Å²) in [6.45, 7) is 3.45. The third kappa shape index (κ3) is 3.56. The van der Waals surface area contributed by atoms with Crippen molar-refractivity contribution in [2.75, 3.05) is 13.1 Å². The van der Waals surface area contributed by atoms with Crippen LogP contribution in [0.5, 0.6) is 0 Å². The van der Waals surface area contributed by atoms with Crippen LogP contribution < -0.4 is 16.4 Å². The molecule has 2 aromatic rings. The van der Waals surface area contributed by atoms with Crippen molar-refractivity contribution in [3.05, 3.63) is 53.9 Å². The Kier molecular flexibility index (Phi) is 4.85. The first-order valence-electron chi connectivity index (χ1n) is 8.44. The number of nitrogens with zero attached hydrogens (tertiary/aromatic N) is 2. The molecule has 0 bridgehead atoms. The molecule has 1 aromatic heterocycles. The highest BCUT2D eigenvalue weighted by atomic mass is 16.2. The molecule has 2 heterocycles. The van der Waals surface area contributed by atoms with Gasteiger partial charge in [-0.3, -0.25) is 14.3 Å². The molecule has 0 saturated carbocycles. The summed E-state index contributed by atoms with van der Waals surface area (Å²) in [4.78, 5) is 24.6. The second kappa shape index (κ2) is 7.06. The molecule has 0 radical (unpaired) electrons. The fraction of sp³-hybridized carbons (Fsp3) is 0.389. The zero-order valence-corrected chi connectivity index (χ0v) is 14.2. The van der Waals surface area contributed by atoms with Crippen molar-refractivity contribution in [3.8, 4) is 0 Å². The van der Waals surface area contributed by atoms with E-state index in [0.29, 0.717) is 5.56 Å². The first-order valence-corrected chi connectivity index (χ1v) is 8.44. The summed E-state index contributed by atoms with van der Waals surface area (Å²) < 4.78 is 1.81. The van der Waals surface area contributed by atoms with Gasteiger partial charge in [0.25, 0.3) is 5.91 Å². The lowest BCUT2D eigenvalue weighted by atomic mass is 9.91. The minimum Gasteiger partial charge on any atom is -0.367 e. The van der Waals surface area contributed by atoms with Crippen molar-refractivity contribution in [2.24, 2.45) is 5.73 Å². The lowest BCUT2D eigenvalue weighted by molar-refractivity contribution is -0.123. The first-order chi connectivity index (χ1) is 12.0. The van der Waals surface area contributed by atoms with Gasteiger partial charge in [-0.2, -0.15) is 5.10 Å². The van der Waals surface area contributed by atoms with E-state index < -0.39 is 17.4 Å². The average molecular weight is 341 g/mol. The first kappa shape index (κ1) is 17.2. The summed E-state index contributed by atoms with van der Waals surface area (Å²) in [6, 6.07) is 10.9. The molecule has 1 aliphatic rings. The molecule has 0 aliphatic carbocycles. The quantitative estimate of drug-likeness (QED) is 0.753. The Morgan fingerprint density at radius 3 is 2.72 bits per heavy atom. The number of carbonyl (C=O) groups is 2. The van der Waals surface area contributed by atoms with Crippen LogP contribution in [0.15, 0.2) is 42.6 Å². The van der Waals surface area contributed by atoms with Gasteiger partial charge in [0.1, 0.15) is 11.2 Å². The van der Waals surface area contributed by atoms with Gasteiger partial charge >= 0.3 is 0 Å².